The largest absolute Gasteiger partial charge is 0.316 e. The van der Waals surface area contributed by atoms with E-state index in [9.17, 15) is 0 Å². The molecule has 0 aliphatic rings. The maximum absolute atomic E-state index is 3.26. The van der Waals surface area contributed by atoms with Gasteiger partial charge >= 0.3 is 0 Å². The van der Waals surface area contributed by atoms with Gasteiger partial charge in [-0.3, -0.25) is 0 Å². The van der Waals surface area contributed by atoms with Gasteiger partial charge < -0.3 is 5.32 Å². The quantitative estimate of drug-likeness (QED) is 0.840. The van der Waals surface area contributed by atoms with Crippen molar-refractivity contribution >= 4 is 0 Å². The van der Waals surface area contributed by atoms with Gasteiger partial charge in [0.25, 0.3) is 0 Å². The van der Waals surface area contributed by atoms with Gasteiger partial charge in [0.05, 0.1) is 0 Å². The van der Waals surface area contributed by atoms with Crippen LogP contribution in [0.1, 0.15) is 36.1 Å². The van der Waals surface area contributed by atoms with E-state index in [1.165, 1.54) is 33.4 Å². The van der Waals surface area contributed by atoms with Gasteiger partial charge in [0.2, 0.25) is 0 Å². The molecule has 0 aliphatic carbocycles. The van der Waals surface area contributed by atoms with Crippen LogP contribution in [0, 0.1) is 6.92 Å². The highest BCUT2D eigenvalue weighted by molar-refractivity contribution is 5.69. The lowest BCUT2D eigenvalue weighted by molar-refractivity contribution is 0.819. The second-order valence-corrected chi connectivity index (χ2v) is 5.38. The van der Waals surface area contributed by atoms with Crippen molar-refractivity contribution in [1.82, 2.24) is 5.32 Å². The molecule has 1 nitrogen and oxygen atoms in total. The Balaban J connectivity index is 2.52. The number of nitrogens with one attached hydrogen (secondary N) is 1. The van der Waals surface area contributed by atoms with Crippen LogP contribution in [0.5, 0.6) is 0 Å². The summed E-state index contributed by atoms with van der Waals surface area (Å²) in [4.78, 5) is 0. The third kappa shape index (κ3) is 3.10. The number of rotatable bonds is 5. The van der Waals surface area contributed by atoms with Crippen LogP contribution in [-0.4, -0.2) is 7.05 Å². The second kappa shape index (κ2) is 6.71. The van der Waals surface area contributed by atoms with E-state index >= 15 is 0 Å². The van der Waals surface area contributed by atoms with Gasteiger partial charge in [-0.2, -0.15) is 0 Å². The fourth-order valence-corrected chi connectivity index (χ4v) is 2.77. The molecular weight excluding hydrogens is 242 g/mol. The van der Waals surface area contributed by atoms with Crippen molar-refractivity contribution in [2.45, 2.75) is 40.2 Å². The smallest absolute Gasteiger partial charge is 0.0208 e. The van der Waals surface area contributed by atoms with Gasteiger partial charge in [0, 0.05) is 6.54 Å². The van der Waals surface area contributed by atoms with E-state index in [1.807, 2.05) is 7.05 Å². The fourth-order valence-electron chi connectivity index (χ4n) is 2.77. The standard InChI is InChI=1S/C19H25N/c1-5-15-9-10-17(12-16(15)6-2)19-11-14(3)7-8-18(19)13-20-4/h7-12,20H,5-6,13H2,1-4H3. The molecule has 0 amide bonds. The van der Waals surface area contributed by atoms with E-state index < -0.39 is 0 Å². The summed E-state index contributed by atoms with van der Waals surface area (Å²) < 4.78 is 0. The van der Waals surface area contributed by atoms with Crippen LogP contribution < -0.4 is 5.32 Å². The van der Waals surface area contributed by atoms with Crippen molar-refractivity contribution in [3.63, 3.8) is 0 Å². The summed E-state index contributed by atoms with van der Waals surface area (Å²) >= 11 is 0. The highest BCUT2D eigenvalue weighted by Crippen LogP contribution is 2.27. The molecule has 0 saturated heterocycles. The SMILES string of the molecule is CCc1ccc(-c2cc(C)ccc2CNC)cc1CC. The van der Waals surface area contributed by atoms with Crippen LogP contribution in [-0.2, 0) is 19.4 Å². The summed E-state index contributed by atoms with van der Waals surface area (Å²) in [5, 5.41) is 3.26. The van der Waals surface area contributed by atoms with Crippen LogP contribution in [0.25, 0.3) is 11.1 Å². The lowest BCUT2D eigenvalue weighted by Crippen LogP contribution is -2.06. The van der Waals surface area contributed by atoms with E-state index in [0.29, 0.717) is 0 Å². The minimum Gasteiger partial charge on any atom is -0.316 e. The molecule has 20 heavy (non-hydrogen) atoms. The first-order chi connectivity index (χ1) is 9.69. The molecule has 1 N–H and O–H groups in total. The zero-order chi connectivity index (χ0) is 14.5. The van der Waals surface area contributed by atoms with Crippen LogP contribution >= 0.6 is 0 Å². The molecule has 2 rings (SSSR count). The molecule has 0 heterocycles. The average molecular weight is 267 g/mol. The first-order valence-corrected chi connectivity index (χ1v) is 7.55. The van der Waals surface area contributed by atoms with Crippen LogP contribution in [0.2, 0.25) is 0 Å². The van der Waals surface area contributed by atoms with Crippen LogP contribution in [0.15, 0.2) is 36.4 Å². The first-order valence-electron chi connectivity index (χ1n) is 7.55. The Morgan fingerprint density at radius 1 is 0.850 bits per heavy atom. The average Bonchev–Trinajstić information content (AvgIpc) is 2.48. The maximum Gasteiger partial charge on any atom is 0.0208 e. The minimum atomic E-state index is 0.909. The Bertz CT molecular complexity index is 584. The van der Waals surface area contributed by atoms with Crippen molar-refractivity contribution in [2.24, 2.45) is 0 Å². The molecule has 0 atom stereocenters. The van der Waals surface area contributed by atoms with Crippen molar-refractivity contribution in [2.75, 3.05) is 7.05 Å². The molecular formula is C19H25N. The Morgan fingerprint density at radius 3 is 2.20 bits per heavy atom. The van der Waals surface area contributed by atoms with E-state index in [-0.39, 0.29) is 0 Å². The normalized spacial score (nSPS) is 10.8. The van der Waals surface area contributed by atoms with E-state index in [1.54, 1.807) is 0 Å². The van der Waals surface area contributed by atoms with Gasteiger partial charge in [-0.05, 0) is 54.6 Å². The van der Waals surface area contributed by atoms with Gasteiger partial charge in [-0.15, -0.1) is 0 Å². The molecule has 2 aromatic carbocycles. The third-order valence-corrected chi connectivity index (χ3v) is 3.91. The number of aryl methyl sites for hydroxylation is 3. The first kappa shape index (κ1) is 14.8. The number of hydrogen-bond donors (Lipinski definition) is 1. The van der Waals surface area contributed by atoms with Crippen molar-refractivity contribution in [3.05, 3.63) is 58.7 Å². The number of benzene rings is 2. The van der Waals surface area contributed by atoms with Crippen molar-refractivity contribution < 1.29 is 0 Å². The molecule has 0 aromatic heterocycles. The molecule has 0 unspecified atom stereocenters. The molecule has 2 aromatic rings. The van der Waals surface area contributed by atoms with Gasteiger partial charge in [-0.25, -0.2) is 0 Å². The Labute approximate surface area is 123 Å². The molecule has 106 valence electrons. The lowest BCUT2D eigenvalue weighted by atomic mass is 9.93. The van der Waals surface area contributed by atoms with Gasteiger partial charge in [-0.1, -0.05) is 55.8 Å². The van der Waals surface area contributed by atoms with Crippen LogP contribution in [0.4, 0.5) is 0 Å². The molecule has 0 spiro atoms. The summed E-state index contributed by atoms with van der Waals surface area (Å²) in [6, 6.07) is 13.7. The Morgan fingerprint density at radius 2 is 1.55 bits per heavy atom. The van der Waals surface area contributed by atoms with E-state index in [0.717, 1.165) is 19.4 Å². The topological polar surface area (TPSA) is 12.0 Å². The Kier molecular flexibility index (Phi) is 4.97. The number of hydrogen-bond acceptors (Lipinski definition) is 1. The molecule has 1 heteroatoms. The zero-order valence-corrected chi connectivity index (χ0v) is 13.1. The monoisotopic (exact) mass is 267 g/mol. The summed E-state index contributed by atoms with van der Waals surface area (Å²) in [6.45, 7) is 7.54. The van der Waals surface area contributed by atoms with Crippen LogP contribution in [0.3, 0.4) is 0 Å². The fraction of sp³-hybridized carbons (Fsp3) is 0.368. The predicted octanol–water partition coefficient (Wildman–Crippen LogP) is 4.51. The Hall–Kier alpha value is -1.60. The summed E-state index contributed by atoms with van der Waals surface area (Å²) in [6.07, 6.45) is 2.21. The maximum atomic E-state index is 3.26. The van der Waals surface area contributed by atoms with Crippen molar-refractivity contribution in [1.29, 1.82) is 0 Å². The highest BCUT2D eigenvalue weighted by Gasteiger charge is 2.07. The van der Waals surface area contributed by atoms with Gasteiger partial charge in [0.15, 0.2) is 0 Å². The van der Waals surface area contributed by atoms with Crippen molar-refractivity contribution in [3.8, 4) is 11.1 Å². The van der Waals surface area contributed by atoms with E-state index in [4.69, 9.17) is 0 Å². The molecule has 0 bridgehead atoms. The summed E-state index contributed by atoms with van der Waals surface area (Å²) in [7, 11) is 2.00. The molecule has 0 radical (unpaired) electrons. The third-order valence-electron chi connectivity index (χ3n) is 3.91. The summed E-state index contributed by atoms with van der Waals surface area (Å²) in [5.41, 5.74) is 8.33. The lowest BCUT2D eigenvalue weighted by Gasteiger charge is -2.14. The minimum absolute atomic E-state index is 0.909. The molecule has 0 fully saturated rings. The summed E-state index contributed by atoms with van der Waals surface area (Å²) in [5.74, 6) is 0. The molecule has 0 aliphatic heterocycles. The predicted molar refractivity (Wildman–Crippen MR) is 88.1 cm³/mol. The van der Waals surface area contributed by atoms with Gasteiger partial charge in [0.1, 0.15) is 0 Å². The zero-order valence-electron chi connectivity index (χ0n) is 13.1. The highest BCUT2D eigenvalue weighted by atomic mass is 14.8. The molecule has 0 saturated carbocycles. The second-order valence-electron chi connectivity index (χ2n) is 5.38. The van der Waals surface area contributed by atoms with E-state index in [2.05, 4.69) is 62.5 Å².